The van der Waals surface area contributed by atoms with E-state index in [1.807, 2.05) is 18.2 Å². The normalized spacial score (nSPS) is 26.3. The zero-order valence-electron chi connectivity index (χ0n) is 13.5. The van der Waals surface area contributed by atoms with Crippen LogP contribution in [0.3, 0.4) is 0 Å². The van der Waals surface area contributed by atoms with Crippen LogP contribution in [0.25, 0.3) is 0 Å². The number of benzene rings is 1. The Kier molecular flexibility index (Phi) is 6.08. The molecule has 2 unspecified atom stereocenters. The van der Waals surface area contributed by atoms with Crippen LogP contribution in [0.1, 0.15) is 30.9 Å². The molecule has 23 heavy (non-hydrogen) atoms. The second-order valence-electron chi connectivity index (χ2n) is 6.49. The van der Waals surface area contributed by atoms with Crippen LogP contribution in [0.2, 0.25) is 0 Å². The van der Waals surface area contributed by atoms with Gasteiger partial charge in [-0.2, -0.15) is 17.0 Å². The lowest BCUT2D eigenvalue weighted by atomic mass is 9.94. The largest absolute Gasteiger partial charge is 0.329 e. The Labute approximate surface area is 145 Å². The maximum Gasteiger partial charge on any atom is 0.282 e. The van der Waals surface area contributed by atoms with Crippen molar-refractivity contribution >= 4 is 22.6 Å². The van der Waals surface area contributed by atoms with Crippen LogP contribution < -0.4 is 5.73 Å². The van der Waals surface area contributed by atoms with Crippen LogP contribution in [0, 0.1) is 5.92 Å². The second kappa shape index (κ2) is 7.49. The fourth-order valence-electron chi connectivity index (χ4n) is 3.56. The third kappa shape index (κ3) is 3.72. The van der Waals surface area contributed by atoms with E-state index in [0.29, 0.717) is 32.1 Å². The average molecular weight is 360 g/mol. The molecule has 1 saturated heterocycles. The molecule has 2 aliphatic rings. The molecule has 0 spiro atoms. The van der Waals surface area contributed by atoms with E-state index in [0.717, 1.165) is 24.8 Å². The quantitative estimate of drug-likeness (QED) is 0.894. The van der Waals surface area contributed by atoms with Crippen molar-refractivity contribution in [1.82, 2.24) is 8.61 Å². The van der Waals surface area contributed by atoms with Gasteiger partial charge in [0.05, 0.1) is 0 Å². The summed E-state index contributed by atoms with van der Waals surface area (Å²) in [4.78, 5) is 0. The molecule has 5 nitrogen and oxygen atoms in total. The molecule has 130 valence electrons. The van der Waals surface area contributed by atoms with Gasteiger partial charge in [0, 0.05) is 32.2 Å². The molecule has 0 bridgehead atoms. The minimum Gasteiger partial charge on any atom is -0.329 e. The number of hydrogen-bond acceptors (Lipinski definition) is 3. The van der Waals surface area contributed by atoms with Gasteiger partial charge in [-0.1, -0.05) is 31.2 Å². The summed E-state index contributed by atoms with van der Waals surface area (Å²) < 4.78 is 29.3. The summed E-state index contributed by atoms with van der Waals surface area (Å²) in [6, 6.07) is 8.03. The maximum atomic E-state index is 13.0. The molecule has 0 aromatic heterocycles. The molecule has 2 heterocycles. The van der Waals surface area contributed by atoms with Crippen molar-refractivity contribution < 1.29 is 8.42 Å². The standard InChI is InChI=1S/C16H25N3O2S.ClH/c1-13-6-9-19(16(10-13)11-17)22(20,21)18-8-7-14-4-2-3-5-15(14)12-18;/h2-5,13,16H,6-12,17H2,1H3;1H. The summed E-state index contributed by atoms with van der Waals surface area (Å²) in [6.07, 6.45) is 2.56. The molecule has 0 radical (unpaired) electrons. The number of nitrogens with zero attached hydrogens (tertiary/aromatic N) is 2. The van der Waals surface area contributed by atoms with E-state index in [1.165, 1.54) is 5.56 Å². The number of piperidine rings is 1. The van der Waals surface area contributed by atoms with Gasteiger partial charge in [-0.3, -0.25) is 0 Å². The number of nitrogens with two attached hydrogens (primary N) is 1. The van der Waals surface area contributed by atoms with E-state index in [1.54, 1.807) is 8.61 Å². The van der Waals surface area contributed by atoms with Gasteiger partial charge < -0.3 is 5.73 Å². The van der Waals surface area contributed by atoms with Gasteiger partial charge >= 0.3 is 0 Å². The topological polar surface area (TPSA) is 66.6 Å². The molecule has 0 saturated carbocycles. The lowest BCUT2D eigenvalue weighted by Crippen LogP contribution is -2.54. The highest BCUT2D eigenvalue weighted by Crippen LogP contribution is 2.28. The van der Waals surface area contributed by atoms with Crippen molar-refractivity contribution in [3.63, 3.8) is 0 Å². The monoisotopic (exact) mass is 359 g/mol. The fraction of sp³-hybridized carbons (Fsp3) is 0.625. The van der Waals surface area contributed by atoms with Crippen molar-refractivity contribution in [2.45, 2.75) is 38.8 Å². The van der Waals surface area contributed by atoms with Crippen LogP contribution >= 0.6 is 12.4 Å². The molecule has 3 rings (SSSR count). The molecule has 1 aromatic rings. The van der Waals surface area contributed by atoms with E-state index in [9.17, 15) is 8.42 Å². The average Bonchev–Trinajstić information content (AvgIpc) is 2.54. The zero-order chi connectivity index (χ0) is 15.7. The molecular weight excluding hydrogens is 334 g/mol. The molecule has 1 aromatic carbocycles. The first kappa shape index (κ1) is 18.7. The fourth-order valence-corrected chi connectivity index (χ4v) is 5.37. The minimum atomic E-state index is -3.43. The van der Waals surface area contributed by atoms with E-state index in [-0.39, 0.29) is 18.4 Å². The Morgan fingerprint density at radius 2 is 1.91 bits per heavy atom. The van der Waals surface area contributed by atoms with Gasteiger partial charge in [-0.25, -0.2) is 0 Å². The molecule has 2 atom stereocenters. The number of hydrogen-bond donors (Lipinski definition) is 1. The lowest BCUT2D eigenvalue weighted by Gasteiger charge is -2.40. The Morgan fingerprint density at radius 3 is 2.61 bits per heavy atom. The van der Waals surface area contributed by atoms with Crippen LogP contribution in [-0.2, 0) is 23.2 Å². The molecule has 7 heteroatoms. The number of halogens is 1. The molecule has 0 aliphatic carbocycles. The first-order valence-electron chi connectivity index (χ1n) is 8.06. The van der Waals surface area contributed by atoms with Crippen LogP contribution in [0.15, 0.2) is 24.3 Å². The Hall–Kier alpha value is -0.660. The van der Waals surface area contributed by atoms with E-state index in [2.05, 4.69) is 13.0 Å². The van der Waals surface area contributed by atoms with Crippen molar-refractivity contribution in [2.75, 3.05) is 19.6 Å². The molecular formula is C16H26ClN3O2S. The van der Waals surface area contributed by atoms with Crippen molar-refractivity contribution in [2.24, 2.45) is 11.7 Å². The maximum absolute atomic E-state index is 13.0. The zero-order valence-corrected chi connectivity index (χ0v) is 15.2. The predicted octanol–water partition coefficient (Wildman–Crippen LogP) is 1.77. The second-order valence-corrected chi connectivity index (χ2v) is 8.37. The van der Waals surface area contributed by atoms with Crippen LogP contribution in [0.4, 0.5) is 0 Å². The van der Waals surface area contributed by atoms with E-state index >= 15 is 0 Å². The van der Waals surface area contributed by atoms with Crippen LogP contribution in [-0.4, -0.2) is 42.7 Å². The smallest absolute Gasteiger partial charge is 0.282 e. The molecule has 2 aliphatic heterocycles. The molecule has 2 N–H and O–H groups in total. The Bertz CT molecular complexity index is 638. The highest BCUT2D eigenvalue weighted by atomic mass is 35.5. The molecule has 0 amide bonds. The van der Waals surface area contributed by atoms with Crippen molar-refractivity contribution in [1.29, 1.82) is 0 Å². The summed E-state index contributed by atoms with van der Waals surface area (Å²) in [6.45, 7) is 4.19. The summed E-state index contributed by atoms with van der Waals surface area (Å²) in [7, 11) is -3.43. The van der Waals surface area contributed by atoms with E-state index < -0.39 is 10.2 Å². The summed E-state index contributed by atoms with van der Waals surface area (Å²) in [5.41, 5.74) is 8.21. The highest BCUT2D eigenvalue weighted by molar-refractivity contribution is 7.86. The van der Waals surface area contributed by atoms with Crippen molar-refractivity contribution in [3.8, 4) is 0 Å². The predicted molar refractivity (Wildman–Crippen MR) is 94.7 cm³/mol. The van der Waals surface area contributed by atoms with Gasteiger partial charge in [-0.05, 0) is 36.3 Å². The van der Waals surface area contributed by atoms with Crippen molar-refractivity contribution in [3.05, 3.63) is 35.4 Å². The summed E-state index contributed by atoms with van der Waals surface area (Å²) >= 11 is 0. The summed E-state index contributed by atoms with van der Waals surface area (Å²) in [5.74, 6) is 0.544. The Balaban J connectivity index is 0.00000192. The van der Waals surface area contributed by atoms with Crippen LogP contribution in [0.5, 0.6) is 0 Å². The number of fused-ring (bicyclic) bond motifs is 1. The lowest BCUT2D eigenvalue weighted by molar-refractivity contribution is 0.195. The highest BCUT2D eigenvalue weighted by Gasteiger charge is 2.38. The van der Waals surface area contributed by atoms with E-state index in [4.69, 9.17) is 5.73 Å². The SMILES string of the molecule is CC1CCN(S(=O)(=O)N2CCc3ccccc3C2)C(CN)C1.Cl. The number of rotatable bonds is 3. The van der Waals surface area contributed by atoms with Gasteiger partial charge in [0.25, 0.3) is 10.2 Å². The van der Waals surface area contributed by atoms with Gasteiger partial charge in [0.15, 0.2) is 0 Å². The first-order valence-corrected chi connectivity index (χ1v) is 9.46. The minimum absolute atomic E-state index is 0. The first-order chi connectivity index (χ1) is 10.5. The van der Waals surface area contributed by atoms with Gasteiger partial charge in [0.1, 0.15) is 0 Å². The van der Waals surface area contributed by atoms with Gasteiger partial charge in [-0.15, -0.1) is 12.4 Å². The summed E-state index contributed by atoms with van der Waals surface area (Å²) in [5, 5.41) is 0. The Morgan fingerprint density at radius 1 is 1.22 bits per heavy atom. The third-order valence-corrected chi connectivity index (χ3v) is 6.95. The third-order valence-electron chi connectivity index (χ3n) is 4.91. The molecule has 1 fully saturated rings. The van der Waals surface area contributed by atoms with Gasteiger partial charge in [0.2, 0.25) is 0 Å².